The molecular weight excluding hydrogens is 231 g/mol. The second kappa shape index (κ2) is 6.83. The molecule has 2 rings (SSSR count). The topological polar surface area (TPSA) is 24.9 Å². The van der Waals surface area contributed by atoms with E-state index in [-0.39, 0.29) is 24.8 Å². The number of hydrogen-bond donors (Lipinski definition) is 1. The molecule has 0 spiro atoms. The summed E-state index contributed by atoms with van der Waals surface area (Å²) in [6.07, 6.45) is 5.33. The SMILES string of the molecule is Cc1ccc(C2=CCNCC2)cn1.Cl.Cl. The van der Waals surface area contributed by atoms with Crippen molar-refractivity contribution >= 4 is 30.4 Å². The zero-order valence-corrected chi connectivity index (χ0v) is 10.3. The molecular formula is C11H16Cl2N2. The van der Waals surface area contributed by atoms with Gasteiger partial charge in [0.15, 0.2) is 0 Å². The van der Waals surface area contributed by atoms with Crippen molar-refractivity contribution in [2.45, 2.75) is 13.3 Å². The minimum atomic E-state index is 0. The van der Waals surface area contributed by atoms with Gasteiger partial charge in [-0.25, -0.2) is 0 Å². The van der Waals surface area contributed by atoms with Crippen molar-refractivity contribution in [3.63, 3.8) is 0 Å². The molecule has 1 aromatic rings. The van der Waals surface area contributed by atoms with Gasteiger partial charge in [-0.15, -0.1) is 24.8 Å². The molecule has 2 nitrogen and oxygen atoms in total. The highest BCUT2D eigenvalue weighted by molar-refractivity contribution is 5.85. The highest BCUT2D eigenvalue weighted by Crippen LogP contribution is 2.18. The number of pyridine rings is 1. The van der Waals surface area contributed by atoms with Gasteiger partial charge >= 0.3 is 0 Å². The summed E-state index contributed by atoms with van der Waals surface area (Å²) in [5, 5.41) is 3.30. The van der Waals surface area contributed by atoms with Crippen LogP contribution in [0.1, 0.15) is 17.7 Å². The molecule has 2 heterocycles. The van der Waals surface area contributed by atoms with Gasteiger partial charge in [0.2, 0.25) is 0 Å². The van der Waals surface area contributed by atoms with E-state index >= 15 is 0 Å². The maximum absolute atomic E-state index is 4.29. The van der Waals surface area contributed by atoms with E-state index < -0.39 is 0 Å². The minimum Gasteiger partial charge on any atom is -0.313 e. The van der Waals surface area contributed by atoms with E-state index in [9.17, 15) is 0 Å². The molecule has 84 valence electrons. The van der Waals surface area contributed by atoms with E-state index in [0.29, 0.717) is 0 Å². The molecule has 0 radical (unpaired) electrons. The largest absolute Gasteiger partial charge is 0.313 e. The van der Waals surface area contributed by atoms with Gasteiger partial charge in [-0.2, -0.15) is 0 Å². The molecule has 1 aromatic heterocycles. The Morgan fingerprint density at radius 1 is 1.27 bits per heavy atom. The Bertz CT molecular complexity index is 320. The van der Waals surface area contributed by atoms with E-state index in [1.807, 2.05) is 13.1 Å². The normalized spacial score (nSPS) is 14.6. The highest BCUT2D eigenvalue weighted by atomic mass is 35.5. The predicted octanol–water partition coefficient (Wildman–Crippen LogP) is 2.61. The zero-order chi connectivity index (χ0) is 9.10. The maximum Gasteiger partial charge on any atom is 0.0373 e. The van der Waals surface area contributed by atoms with Crippen molar-refractivity contribution in [1.29, 1.82) is 0 Å². The summed E-state index contributed by atoms with van der Waals surface area (Å²) in [4.78, 5) is 4.29. The van der Waals surface area contributed by atoms with E-state index in [1.165, 1.54) is 11.1 Å². The number of hydrogen-bond acceptors (Lipinski definition) is 2. The molecule has 1 N–H and O–H groups in total. The lowest BCUT2D eigenvalue weighted by Crippen LogP contribution is -2.20. The molecule has 0 saturated carbocycles. The van der Waals surface area contributed by atoms with Crippen molar-refractivity contribution in [1.82, 2.24) is 10.3 Å². The van der Waals surface area contributed by atoms with Gasteiger partial charge in [-0.1, -0.05) is 12.1 Å². The van der Waals surface area contributed by atoms with Gasteiger partial charge in [0.1, 0.15) is 0 Å². The summed E-state index contributed by atoms with van der Waals surface area (Å²) in [5.74, 6) is 0. The first-order valence-corrected chi connectivity index (χ1v) is 4.69. The third-order valence-electron chi connectivity index (χ3n) is 2.35. The van der Waals surface area contributed by atoms with Crippen molar-refractivity contribution < 1.29 is 0 Å². The van der Waals surface area contributed by atoms with Crippen LogP contribution in [0, 0.1) is 6.92 Å². The average molecular weight is 247 g/mol. The average Bonchev–Trinajstić information content (AvgIpc) is 2.20. The number of nitrogens with zero attached hydrogens (tertiary/aromatic N) is 1. The molecule has 0 bridgehead atoms. The van der Waals surface area contributed by atoms with Crippen LogP contribution < -0.4 is 5.32 Å². The quantitative estimate of drug-likeness (QED) is 0.825. The lowest BCUT2D eigenvalue weighted by atomic mass is 10.0. The van der Waals surface area contributed by atoms with Crippen molar-refractivity contribution in [2.75, 3.05) is 13.1 Å². The molecule has 4 heteroatoms. The Morgan fingerprint density at radius 3 is 2.60 bits per heavy atom. The third-order valence-corrected chi connectivity index (χ3v) is 2.35. The van der Waals surface area contributed by atoms with E-state index in [4.69, 9.17) is 0 Å². The summed E-state index contributed by atoms with van der Waals surface area (Å²) in [6.45, 7) is 4.09. The third kappa shape index (κ3) is 3.82. The first-order valence-electron chi connectivity index (χ1n) is 4.69. The molecule has 0 aliphatic carbocycles. The molecule has 0 fully saturated rings. The van der Waals surface area contributed by atoms with Gasteiger partial charge in [-0.05, 0) is 37.1 Å². The fourth-order valence-electron chi connectivity index (χ4n) is 1.54. The molecule has 0 aromatic carbocycles. The monoisotopic (exact) mass is 246 g/mol. The molecule has 15 heavy (non-hydrogen) atoms. The van der Waals surface area contributed by atoms with E-state index in [1.54, 1.807) is 0 Å². The lowest BCUT2D eigenvalue weighted by Gasteiger charge is -2.13. The Hall–Kier alpha value is -0.570. The molecule has 1 aliphatic heterocycles. The van der Waals surface area contributed by atoms with Crippen LogP contribution >= 0.6 is 24.8 Å². The van der Waals surface area contributed by atoms with Crippen LogP contribution in [-0.4, -0.2) is 18.1 Å². The van der Waals surface area contributed by atoms with Crippen molar-refractivity contribution in [2.24, 2.45) is 0 Å². The number of aryl methyl sites for hydroxylation is 1. The highest BCUT2D eigenvalue weighted by Gasteiger charge is 2.04. The van der Waals surface area contributed by atoms with Crippen LogP contribution in [0.2, 0.25) is 0 Å². The van der Waals surface area contributed by atoms with Crippen molar-refractivity contribution in [3.05, 3.63) is 35.7 Å². The summed E-state index contributed by atoms with van der Waals surface area (Å²) in [6, 6.07) is 4.22. The van der Waals surface area contributed by atoms with Gasteiger partial charge < -0.3 is 5.32 Å². The van der Waals surface area contributed by atoms with Crippen LogP contribution in [0.15, 0.2) is 24.4 Å². The first-order chi connectivity index (χ1) is 6.36. The number of halogens is 2. The Labute approximate surface area is 103 Å². The van der Waals surface area contributed by atoms with Gasteiger partial charge in [0.25, 0.3) is 0 Å². The number of aromatic nitrogens is 1. The summed E-state index contributed by atoms with van der Waals surface area (Å²) in [7, 11) is 0. The van der Waals surface area contributed by atoms with Crippen LogP contribution in [0.3, 0.4) is 0 Å². The second-order valence-corrected chi connectivity index (χ2v) is 3.37. The van der Waals surface area contributed by atoms with Crippen LogP contribution in [0.4, 0.5) is 0 Å². The van der Waals surface area contributed by atoms with Crippen LogP contribution in [-0.2, 0) is 0 Å². The van der Waals surface area contributed by atoms with Gasteiger partial charge in [-0.3, -0.25) is 4.98 Å². The van der Waals surface area contributed by atoms with E-state index in [2.05, 4.69) is 28.5 Å². The van der Waals surface area contributed by atoms with Crippen LogP contribution in [0.25, 0.3) is 5.57 Å². The Kier molecular flexibility index (Phi) is 6.57. The minimum absolute atomic E-state index is 0. The Balaban J connectivity index is 0.000000980. The predicted molar refractivity (Wildman–Crippen MR) is 68.9 cm³/mol. The summed E-state index contributed by atoms with van der Waals surface area (Å²) >= 11 is 0. The van der Waals surface area contributed by atoms with Crippen LogP contribution in [0.5, 0.6) is 0 Å². The maximum atomic E-state index is 4.29. The molecule has 0 atom stereocenters. The lowest BCUT2D eigenvalue weighted by molar-refractivity contribution is 0.738. The molecule has 0 amide bonds. The summed E-state index contributed by atoms with van der Waals surface area (Å²) in [5.41, 5.74) is 3.77. The molecule has 0 saturated heterocycles. The zero-order valence-electron chi connectivity index (χ0n) is 8.69. The fraction of sp³-hybridized carbons (Fsp3) is 0.364. The number of nitrogens with one attached hydrogen (secondary N) is 1. The van der Waals surface area contributed by atoms with E-state index in [0.717, 1.165) is 25.2 Å². The smallest absolute Gasteiger partial charge is 0.0373 e. The van der Waals surface area contributed by atoms with Gasteiger partial charge in [0, 0.05) is 18.4 Å². The second-order valence-electron chi connectivity index (χ2n) is 3.37. The number of rotatable bonds is 1. The molecule has 1 aliphatic rings. The first kappa shape index (κ1) is 14.4. The molecule has 0 unspecified atom stereocenters. The van der Waals surface area contributed by atoms with Crippen molar-refractivity contribution in [3.8, 4) is 0 Å². The standard InChI is InChI=1S/C11H14N2.2ClH/c1-9-2-3-11(8-13-9)10-4-6-12-7-5-10;;/h2-4,8,12H,5-7H2,1H3;2*1H. The summed E-state index contributed by atoms with van der Waals surface area (Å²) < 4.78 is 0. The van der Waals surface area contributed by atoms with Gasteiger partial charge in [0.05, 0.1) is 0 Å². The fourth-order valence-corrected chi connectivity index (χ4v) is 1.54. The Morgan fingerprint density at radius 2 is 2.07 bits per heavy atom.